The Morgan fingerprint density at radius 1 is 1.33 bits per heavy atom. The summed E-state index contributed by atoms with van der Waals surface area (Å²) < 4.78 is 49.0. The minimum atomic E-state index is -4.52. The molecule has 0 aliphatic rings. The summed E-state index contributed by atoms with van der Waals surface area (Å²) in [4.78, 5) is 19.0. The molecule has 0 unspecified atom stereocenters. The smallest absolute Gasteiger partial charge is 0.433 e. The van der Waals surface area contributed by atoms with E-state index in [1.165, 1.54) is 6.07 Å². The van der Waals surface area contributed by atoms with Crippen LogP contribution < -0.4 is 10.1 Å². The highest BCUT2D eigenvalue weighted by molar-refractivity contribution is 5.88. The number of nitrogens with one attached hydrogen (secondary N) is 1. The number of nitrogens with zero attached hydrogens (tertiary/aromatic N) is 2. The van der Waals surface area contributed by atoms with Crippen molar-refractivity contribution in [1.29, 1.82) is 0 Å². The van der Waals surface area contributed by atoms with Gasteiger partial charge in [0.05, 0.1) is 6.20 Å². The van der Waals surface area contributed by atoms with Gasteiger partial charge in [-0.2, -0.15) is 13.2 Å². The van der Waals surface area contributed by atoms with Crippen molar-refractivity contribution in [1.82, 2.24) is 15.3 Å². The molecule has 0 fully saturated rings. The van der Waals surface area contributed by atoms with Crippen molar-refractivity contribution >= 4 is 17.0 Å². The lowest BCUT2D eigenvalue weighted by Crippen LogP contribution is -2.19. The summed E-state index contributed by atoms with van der Waals surface area (Å²) in [6, 6.07) is 5.27. The van der Waals surface area contributed by atoms with Crippen LogP contribution in [-0.2, 0) is 17.5 Å². The van der Waals surface area contributed by atoms with Crippen LogP contribution in [0, 0.1) is 6.92 Å². The third kappa shape index (κ3) is 4.08. The number of carbonyl (C=O) groups excluding carboxylic acids is 1. The number of fused-ring (bicyclic) bond motifs is 1. The predicted octanol–water partition coefficient (Wildman–Crippen LogP) is 4.14. The first-order valence-corrected chi connectivity index (χ1v) is 7.78. The number of halogens is 3. The maximum absolute atomic E-state index is 12.6. The predicted molar refractivity (Wildman–Crippen MR) is 90.1 cm³/mol. The molecule has 0 aliphatic heterocycles. The molecule has 0 spiro atoms. The van der Waals surface area contributed by atoms with E-state index in [-0.39, 0.29) is 18.2 Å². The fraction of sp³-hybridized carbons (Fsp3) is 0.167. The van der Waals surface area contributed by atoms with Crippen LogP contribution in [0.25, 0.3) is 11.1 Å². The standard InChI is InChI=1S/C18H14F3N3O3/c1-3-15(25)23-8-11-4-6-13(16-17(11)26-10(2)24-16)27-12-5-7-14(22-9-12)18(19,20)21/h3-7,9H,1,8H2,2H3,(H,23,25). The lowest BCUT2D eigenvalue weighted by molar-refractivity contribution is -0.141. The van der Waals surface area contributed by atoms with Gasteiger partial charge in [-0.3, -0.25) is 4.79 Å². The van der Waals surface area contributed by atoms with Gasteiger partial charge in [0.15, 0.2) is 22.7 Å². The fourth-order valence-corrected chi connectivity index (χ4v) is 2.35. The van der Waals surface area contributed by atoms with E-state index in [0.29, 0.717) is 28.3 Å². The van der Waals surface area contributed by atoms with Crippen LogP contribution in [0.3, 0.4) is 0 Å². The molecule has 1 aromatic carbocycles. The monoisotopic (exact) mass is 377 g/mol. The Labute approximate surface area is 151 Å². The zero-order valence-electron chi connectivity index (χ0n) is 14.1. The van der Waals surface area contributed by atoms with Crippen molar-refractivity contribution in [2.45, 2.75) is 19.6 Å². The normalized spacial score (nSPS) is 11.4. The van der Waals surface area contributed by atoms with Crippen molar-refractivity contribution in [3.8, 4) is 11.5 Å². The molecule has 2 heterocycles. The van der Waals surface area contributed by atoms with Crippen molar-refractivity contribution < 1.29 is 27.1 Å². The van der Waals surface area contributed by atoms with Gasteiger partial charge in [0, 0.05) is 19.0 Å². The van der Waals surface area contributed by atoms with Crippen LogP contribution in [0.2, 0.25) is 0 Å². The Kier molecular flexibility index (Phi) is 4.85. The Hall–Kier alpha value is -3.36. The lowest BCUT2D eigenvalue weighted by atomic mass is 10.2. The second-order valence-corrected chi connectivity index (χ2v) is 5.53. The number of ether oxygens (including phenoxy) is 1. The molecule has 0 bridgehead atoms. The summed E-state index contributed by atoms with van der Waals surface area (Å²) in [5.74, 6) is 0.457. The molecule has 0 saturated carbocycles. The van der Waals surface area contributed by atoms with Gasteiger partial charge in [-0.1, -0.05) is 6.58 Å². The first-order valence-electron chi connectivity index (χ1n) is 7.78. The van der Waals surface area contributed by atoms with E-state index in [4.69, 9.17) is 9.15 Å². The quantitative estimate of drug-likeness (QED) is 0.676. The Balaban J connectivity index is 1.89. The maximum atomic E-state index is 12.6. The van der Waals surface area contributed by atoms with Gasteiger partial charge in [0.25, 0.3) is 0 Å². The van der Waals surface area contributed by atoms with Crippen molar-refractivity contribution in [2.24, 2.45) is 0 Å². The number of aryl methyl sites for hydroxylation is 1. The molecule has 0 saturated heterocycles. The van der Waals surface area contributed by atoms with Crippen molar-refractivity contribution in [3.05, 3.63) is 60.3 Å². The largest absolute Gasteiger partial charge is 0.453 e. The highest BCUT2D eigenvalue weighted by atomic mass is 19.4. The molecule has 2 aromatic heterocycles. The molecule has 1 amide bonds. The molecule has 27 heavy (non-hydrogen) atoms. The summed E-state index contributed by atoms with van der Waals surface area (Å²) >= 11 is 0. The number of aromatic nitrogens is 2. The minimum Gasteiger partial charge on any atom is -0.453 e. The van der Waals surface area contributed by atoms with E-state index in [1.54, 1.807) is 19.1 Å². The molecule has 6 nitrogen and oxygen atoms in total. The Bertz CT molecular complexity index is 995. The van der Waals surface area contributed by atoms with Gasteiger partial charge in [0.2, 0.25) is 5.91 Å². The summed E-state index contributed by atoms with van der Waals surface area (Å²) in [6.07, 6.45) is -2.38. The minimum absolute atomic E-state index is 0.123. The van der Waals surface area contributed by atoms with E-state index < -0.39 is 11.9 Å². The Morgan fingerprint density at radius 2 is 2.11 bits per heavy atom. The van der Waals surface area contributed by atoms with Gasteiger partial charge < -0.3 is 14.5 Å². The number of benzene rings is 1. The summed E-state index contributed by atoms with van der Waals surface area (Å²) in [6.45, 7) is 5.22. The molecule has 0 radical (unpaired) electrons. The van der Waals surface area contributed by atoms with Crippen LogP contribution in [0.5, 0.6) is 11.5 Å². The molecule has 3 rings (SSSR count). The number of rotatable bonds is 5. The zero-order chi connectivity index (χ0) is 19.6. The summed E-state index contributed by atoms with van der Waals surface area (Å²) in [5, 5.41) is 2.64. The second-order valence-electron chi connectivity index (χ2n) is 5.53. The average Bonchev–Trinajstić information content (AvgIpc) is 3.02. The van der Waals surface area contributed by atoms with E-state index in [0.717, 1.165) is 18.3 Å². The van der Waals surface area contributed by atoms with Crippen LogP contribution in [0.15, 0.2) is 47.5 Å². The number of amides is 1. The van der Waals surface area contributed by atoms with Gasteiger partial charge in [0.1, 0.15) is 11.4 Å². The molecule has 9 heteroatoms. The van der Waals surface area contributed by atoms with E-state index in [9.17, 15) is 18.0 Å². The van der Waals surface area contributed by atoms with Crippen LogP contribution >= 0.6 is 0 Å². The average molecular weight is 377 g/mol. The molecule has 3 aromatic rings. The molecule has 140 valence electrons. The van der Waals surface area contributed by atoms with Crippen LogP contribution in [0.4, 0.5) is 13.2 Å². The third-order valence-electron chi connectivity index (χ3n) is 3.59. The number of oxazole rings is 1. The number of alkyl halides is 3. The van der Waals surface area contributed by atoms with E-state index in [1.807, 2.05) is 0 Å². The zero-order valence-corrected chi connectivity index (χ0v) is 14.1. The van der Waals surface area contributed by atoms with Crippen molar-refractivity contribution in [3.63, 3.8) is 0 Å². The number of hydrogen-bond donors (Lipinski definition) is 1. The molecule has 0 atom stereocenters. The molecular formula is C18H14F3N3O3. The first-order chi connectivity index (χ1) is 12.8. The highest BCUT2D eigenvalue weighted by Gasteiger charge is 2.32. The lowest BCUT2D eigenvalue weighted by Gasteiger charge is -2.09. The van der Waals surface area contributed by atoms with Gasteiger partial charge in [-0.15, -0.1) is 0 Å². The summed E-state index contributed by atoms with van der Waals surface area (Å²) in [7, 11) is 0. The van der Waals surface area contributed by atoms with Crippen LogP contribution in [-0.4, -0.2) is 15.9 Å². The Morgan fingerprint density at radius 3 is 2.74 bits per heavy atom. The first kappa shape index (κ1) is 18.4. The van der Waals surface area contributed by atoms with Gasteiger partial charge in [-0.05, 0) is 30.3 Å². The molecular weight excluding hydrogens is 363 g/mol. The number of hydrogen-bond acceptors (Lipinski definition) is 5. The van der Waals surface area contributed by atoms with Crippen molar-refractivity contribution in [2.75, 3.05) is 0 Å². The number of carbonyl (C=O) groups is 1. The second kappa shape index (κ2) is 7.10. The topological polar surface area (TPSA) is 77.2 Å². The fourth-order valence-electron chi connectivity index (χ4n) is 2.35. The third-order valence-corrected chi connectivity index (χ3v) is 3.59. The maximum Gasteiger partial charge on any atom is 0.433 e. The molecule has 0 aliphatic carbocycles. The van der Waals surface area contributed by atoms with E-state index in [2.05, 4.69) is 21.9 Å². The highest BCUT2D eigenvalue weighted by Crippen LogP contribution is 2.33. The van der Waals surface area contributed by atoms with Gasteiger partial charge in [-0.25, -0.2) is 9.97 Å². The summed E-state index contributed by atoms with van der Waals surface area (Å²) in [5.41, 5.74) is 0.455. The van der Waals surface area contributed by atoms with E-state index >= 15 is 0 Å². The molecule has 1 N–H and O–H groups in total. The van der Waals surface area contributed by atoms with Gasteiger partial charge >= 0.3 is 6.18 Å². The SMILES string of the molecule is C=CC(=O)NCc1ccc(Oc2ccc(C(F)(F)F)nc2)c2nc(C)oc12. The van der Waals surface area contributed by atoms with Crippen LogP contribution in [0.1, 0.15) is 17.1 Å². The number of pyridine rings is 1.